The lowest BCUT2D eigenvalue weighted by molar-refractivity contribution is -0.115. The molecule has 0 radical (unpaired) electrons. The lowest BCUT2D eigenvalue weighted by Gasteiger charge is -2.12. The quantitative estimate of drug-likeness (QED) is 0.305. The molecule has 0 atom stereocenters. The maximum Gasteiger partial charge on any atom is 0.264 e. The van der Waals surface area contributed by atoms with Crippen molar-refractivity contribution in [1.29, 1.82) is 0 Å². The number of nitrogens with one attached hydrogen (secondary N) is 1. The van der Waals surface area contributed by atoms with E-state index in [1.54, 1.807) is 13.2 Å². The summed E-state index contributed by atoms with van der Waals surface area (Å²) < 4.78 is 12.0. The first-order valence-electron chi connectivity index (χ1n) is 9.03. The Bertz CT molecular complexity index is 984. The van der Waals surface area contributed by atoms with Crippen molar-refractivity contribution in [2.24, 2.45) is 4.99 Å². The number of benzene rings is 2. The molecule has 0 unspecified atom stereocenters. The zero-order valence-electron chi connectivity index (χ0n) is 16.2. The molecule has 0 aromatic heterocycles. The van der Waals surface area contributed by atoms with E-state index < -0.39 is 0 Å². The number of carbonyl (C=O) groups is 1. The number of nitrogens with zero attached hydrogens (tertiary/aromatic N) is 1. The first-order chi connectivity index (χ1) is 14.0. The Balaban J connectivity index is 1.83. The van der Waals surface area contributed by atoms with Gasteiger partial charge in [0, 0.05) is 0 Å². The van der Waals surface area contributed by atoms with Crippen molar-refractivity contribution in [3.05, 3.63) is 68.7 Å². The molecule has 0 spiro atoms. The van der Waals surface area contributed by atoms with Gasteiger partial charge in [-0.2, -0.15) is 0 Å². The molecular formula is C22H21IN2O3S. The summed E-state index contributed by atoms with van der Waals surface area (Å²) in [6.45, 7) is 6.17. The van der Waals surface area contributed by atoms with Crippen LogP contribution >= 0.6 is 34.4 Å². The summed E-state index contributed by atoms with van der Waals surface area (Å²) in [5, 5.41) is 3.39. The van der Waals surface area contributed by atoms with E-state index in [1.165, 1.54) is 17.3 Å². The van der Waals surface area contributed by atoms with Crippen LogP contribution in [0.4, 0.5) is 5.69 Å². The SMILES string of the molecule is C=CCOc1c(I)cc(/C=C2/SC(=Nc3ccc(CC)cc3)NC2=O)cc1OC. The number of hydrogen-bond donors (Lipinski definition) is 1. The van der Waals surface area contributed by atoms with E-state index in [-0.39, 0.29) is 5.91 Å². The first-order valence-corrected chi connectivity index (χ1v) is 10.9. The molecule has 0 saturated carbocycles. The van der Waals surface area contributed by atoms with E-state index in [0.29, 0.717) is 28.2 Å². The number of carbonyl (C=O) groups excluding carboxylic acids is 1. The van der Waals surface area contributed by atoms with Crippen LogP contribution in [0.1, 0.15) is 18.1 Å². The smallest absolute Gasteiger partial charge is 0.264 e. The van der Waals surface area contributed by atoms with E-state index in [1.807, 2.05) is 42.5 Å². The van der Waals surface area contributed by atoms with Crippen LogP contribution in [0.3, 0.4) is 0 Å². The van der Waals surface area contributed by atoms with Gasteiger partial charge in [-0.3, -0.25) is 4.79 Å². The third kappa shape index (κ3) is 5.42. The van der Waals surface area contributed by atoms with Crippen molar-refractivity contribution in [2.45, 2.75) is 13.3 Å². The standard InChI is InChI=1S/C22H21IN2O3S/c1-4-10-28-20-17(23)11-15(12-18(20)27-3)13-19-21(26)25-22(29-19)24-16-8-6-14(5-2)7-9-16/h4,6-9,11-13H,1,5,10H2,2-3H3,(H,24,25,26)/b19-13+. The molecule has 5 nitrogen and oxygen atoms in total. The van der Waals surface area contributed by atoms with Crippen LogP contribution in [-0.2, 0) is 11.2 Å². The molecule has 1 N–H and O–H groups in total. The zero-order chi connectivity index (χ0) is 20.8. The van der Waals surface area contributed by atoms with Crippen molar-refractivity contribution in [2.75, 3.05) is 13.7 Å². The van der Waals surface area contributed by atoms with Crippen LogP contribution in [0, 0.1) is 3.57 Å². The van der Waals surface area contributed by atoms with Crippen molar-refractivity contribution in [1.82, 2.24) is 5.32 Å². The number of hydrogen-bond acceptors (Lipinski definition) is 5. The summed E-state index contributed by atoms with van der Waals surface area (Å²) in [6.07, 6.45) is 4.49. The van der Waals surface area contributed by atoms with Crippen molar-refractivity contribution < 1.29 is 14.3 Å². The van der Waals surface area contributed by atoms with Gasteiger partial charge >= 0.3 is 0 Å². The summed E-state index contributed by atoms with van der Waals surface area (Å²) in [6, 6.07) is 11.8. The minimum absolute atomic E-state index is 0.167. The number of rotatable bonds is 7. The normalized spacial score (nSPS) is 16.2. The number of ether oxygens (including phenoxy) is 2. The molecule has 150 valence electrons. The number of methoxy groups -OCH3 is 1. The average molecular weight is 520 g/mol. The molecule has 1 aliphatic rings. The second-order valence-corrected chi connectivity index (χ2v) is 8.33. The van der Waals surface area contributed by atoms with Gasteiger partial charge in [0.15, 0.2) is 16.7 Å². The maximum atomic E-state index is 12.4. The molecule has 2 aromatic rings. The van der Waals surface area contributed by atoms with Gasteiger partial charge in [-0.15, -0.1) is 0 Å². The van der Waals surface area contributed by atoms with Crippen molar-refractivity contribution in [3.63, 3.8) is 0 Å². The molecule has 3 rings (SSSR count). The van der Waals surface area contributed by atoms with Crippen LogP contribution in [0.25, 0.3) is 6.08 Å². The fraction of sp³-hybridized carbons (Fsp3) is 0.182. The van der Waals surface area contributed by atoms with Gasteiger partial charge in [-0.05, 0) is 82.2 Å². The third-order valence-electron chi connectivity index (χ3n) is 4.12. The minimum atomic E-state index is -0.167. The van der Waals surface area contributed by atoms with Gasteiger partial charge in [0.1, 0.15) is 6.61 Å². The van der Waals surface area contributed by atoms with Crippen LogP contribution in [0.5, 0.6) is 11.5 Å². The maximum absolute atomic E-state index is 12.4. The van der Waals surface area contributed by atoms with Crippen molar-refractivity contribution in [3.8, 4) is 11.5 Å². The Kier molecular flexibility index (Phi) is 7.38. The van der Waals surface area contributed by atoms with Crippen molar-refractivity contribution >= 4 is 57.2 Å². The Morgan fingerprint density at radius 1 is 1.28 bits per heavy atom. The highest BCUT2D eigenvalue weighted by atomic mass is 127. The molecule has 1 fully saturated rings. The highest BCUT2D eigenvalue weighted by Crippen LogP contribution is 2.36. The Morgan fingerprint density at radius 3 is 2.69 bits per heavy atom. The summed E-state index contributed by atoms with van der Waals surface area (Å²) >= 11 is 3.51. The number of amidine groups is 1. The number of aliphatic imine (C=N–C) groups is 1. The number of amides is 1. The van der Waals surface area contributed by atoms with Crippen LogP contribution in [-0.4, -0.2) is 24.8 Å². The van der Waals surface area contributed by atoms with E-state index in [0.717, 1.165) is 21.2 Å². The minimum Gasteiger partial charge on any atom is -0.493 e. The Labute approximate surface area is 188 Å². The summed E-state index contributed by atoms with van der Waals surface area (Å²) in [5.74, 6) is 1.11. The van der Waals surface area contributed by atoms with E-state index in [4.69, 9.17) is 9.47 Å². The fourth-order valence-corrected chi connectivity index (χ4v) is 4.28. The second-order valence-electron chi connectivity index (χ2n) is 6.14. The van der Waals surface area contributed by atoms with Gasteiger partial charge in [-0.25, -0.2) is 4.99 Å². The number of aryl methyl sites for hydroxylation is 1. The summed E-state index contributed by atoms with van der Waals surface area (Å²) in [5.41, 5.74) is 2.91. The first kappa shape index (κ1) is 21.4. The molecule has 29 heavy (non-hydrogen) atoms. The lowest BCUT2D eigenvalue weighted by atomic mass is 10.2. The predicted molar refractivity (Wildman–Crippen MR) is 128 cm³/mol. The molecule has 0 aliphatic carbocycles. The molecular weight excluding hydrogens is 499 g/mol. The largest absolute Gasteiger partial charge is 0.493 e. The molecule has 1 amide bonds. The van der Waals surface area contributed by atoms with E-state index in [2.05, 4.69) is 46.4 Å². The second kappa shape index (κ2) is 9.98. The van der Waals surface area contributed by atoms with Crippen LogP contribution < -0.4 is 14.8 Å². The fourth-order valence-electron chi connectivity index (χ4n) is 2.66. The molecule has 7 heteroatoms. The Hall–Kier alpha value is -2.26. The van der Waals surface area contributed by atoms with Gasteiger partial charge in [-0.1, -0.05) is 31.7 Å². The zero-order valence-corrected chi connectivity index (χ0v) is 19.2. The van der Waals surface area contributed by atoms with Gasteiger partial charge in [0.25, 0.3) is 5.91 Å². The summed E-state index contributed by atoms with van der Waals surface area (Å²) in [4.78, 5) is 17.5. The topological polar surface area (TPSA) is 59.9 Å². The average Bonchev–Trinajstić information content (AvgIpc) is 3.06. The Morgan fingerprint density at radius 2 is 2.03 bits per heavy atom. The highest BCUT2D eigenvalue weighted by Gasteiger charge is 2.24. The molecule has 1 aliphatic heterocycles. The van der Waals surface area contributed by atoms with Gasteiger partial charge in [0.2, 0.25) is 0 Å². The van der Waals surface area contributed by atoms with Crippen LogP contribution in [0.15, 0.2) is 59.0 Å². The van der Waals surface area contributed by atoms with Gasteiger partial charge < -0.3 is 14.8 Å². The molecule has 0 bridgehead atoms. The molecule has 1 heterocycles. The van der Waals surface area contributed by atoms with Gasteiger partial charge in [0.05, 0.1) is 21.3 Å². The number of halogens is 1. The molecule has 1 saturated heterocycles. The predicted octanol–water partition coefficient (Wildman–Crippen LogP) is 5.32. The monoisotopic (exact) mass is 520 g/mol. The van der Waals surface area contributed by atoms with Crippen LogP contribution in [0.2, 0.25) is 0 Å². The third-order valence-corrected chi connectivity index (χ3v) is 5.83. The summed E-state index contributed by atoms with van der Waals surface area (Å²) in [7, 11) is 1.59. The lowest BCUT2D eigenvalue weighted by Crippen LogP contribution is -2.19. The van der Waals surface area contributed by atoms with E-state index in [9.17, 15) is 4.79 Å². The van der Waals surface area contributed by atoms with E-state index >= 15 is 0 Å². The highest BCUT2D eigenvalue weighted by molar-refractivity contribution is 14.1. The number of thioether (sulfide) groups is 1. The molecule has 2 aromatic carbocycles.